The van der Waals surface area contributed by atoms with E-state index in [1.54, 1.807) is 0 Å². The van der Waals surface area contributed by atoms with Gasteiger partial charge in [-0.15, -0.1) is 12.3 Å². The minimum absolute atomic E-state index is 0.307. The van der Waals surface area contributed by atoms with Crippen molar-refractivity contribution in [1.29, 1.82) is 0 Å². The average molecular weight is 185 g/mol. The molecule has 0 aromatic rings. The molecular formula is C13H15N. The predicted molar refractivity (Wildman–Crippen MR) is 55.0 cm³/mol. The molecule has 1 nitrogen and oxygen atoms in total. The second-order valence-electron chi connectivity index (χ2n) is 5.53. The number of rotatable bonds is 0. The predicted octanol–water partition coefficient (Wildman–Crippen LogP) is 1.26. The zero-order valence-electron chi connectivity index (χ0n) is 8.14. The fourth-order valence-corrected chi connectivity index (χ4v) is 4.86. The Morgan fingerprint density at radius 2 is 1.79 bits per heavy atom. The number of fused-ring (bicyclic) bond motifs is 8. The van der Waals surface area contributed by atoms with Crippen LogP contribution in [0.3, 0.4) is 0 Å². The molecular weight excluding hydrogens is 170 g/mol. The smallest absolute Gasteiger partial charge is 0.0385 e. The Balaban J connectivity index is 1.74. The molecule has 72 valence electrons. The Morgan fingerprint density at radius 3 is 2.36 bits per heavy atom. The molecule has 3 fully saturated rings. The lowest BCUT2D eigenvalue weighted by atomic mass is 9.46. The molecule has 0 aromatic carbocycles. The highest BCUT2D eigenvalue weighted by atomic mass is 14.8. The van der Waals surface area contributed by atoms with E-state index in [0.717, 1.165) is 35.5 Å². The van der Waals surface area contributed by atoms with Gasteiger partial charge in [-0.05, 0) is 41.9 Å². The number of hydrogen-bond acceptors (Lipinski definition) is 1. The van der Waals surface area contributed by atoms with Crippen molar-refractivity contribution in [2.75, 3.05) is 0 Å². The minimum atomic E-state index is 0.307. The van der Waals surface area contributed by atoms with Crippen molar-refractivity contribution in [2.45, 2.75) is 12.5 Å². The highest BCUT2D eigenvalue weighted by Crippen LogP contribution is 2.70. The van der Waals surface area contributed by atoms with Gasteiger partial charge in [-0.25, -0.2) is 0 Å². The van der Waals surface area contributed by atoms with Crippen LogP contribution in [0, 0.1) is 53.8 Å². The number of allylic oxidation sites excluding steroid dienone is 2. The Bertz CT molecular complexity index is 364. The molecule has 2 bridgehead atoms. The van der Waals surface area contributed by atoms with Crippen LogP contribution in [0.2, 0.25) is 0 Å². The summed E-state index contributed by atoms with van der Waals surface area (Å²) < 4.78 is 0. The highest BCUT2D eigenvalue weighted by molar-refractivity contribution is 5.31. The second kappa shape index (κ2) is 2.09. The lowest BCUT2D eigenvalue weighted by Gasteiger charge is -2.59. The van der Waals surface area contributed by atoms with E-state index in [2.05, 4.69) is 18.1 Å². The molecule has 0 aliphatic heterocycles. The van der Waals surface area contributed by atoms with Gasteiger partial charge in [-0.2, -0.15) is 0 Å². The van der Waals surface area contributed by atoms with Gasteiger partial charge in [-0.1, -0.05) is 12.2 Å². The Labute approximate surface area is 84.7 Å². The molecule has 8 atom stereocenters. The zero-order chi connectivity index (χ0) is 9.45. The van der Waals surface area contributed by atoms with Crippen molar-refractivity contribution in [2.24, 2.45) is 47.2 Å². The first-order valence-corrected chi connectivity index (χ1v) is 5.73. The molecule has 0 aromatic heterocycles. The molecule has 4 aliphatic carbocycles. The van der Waals surface area contributed by atoms with E-state index in [-0.39, 0.29) is 0 Å². The summed E-state index contributed by atoms with van der Waals surface area (Å²) in [6.45, 7) is 0. The SMILES string of the molecule is C#CC1C(N)C2CC1C1C3C=CC3C21. The van der Waals surface area contributed by atoms with Crippen LogP contribution in [0.15, 0.2) is 12.2 Å². The molecule has 0 amide bonds. The fraction of sp³-hybridized carbons (Fsp3) is 0.692. The van der Waals surface area contributed by atoms with Crippen LogP contribution >= 0.6 is 0 Å². The summed E-state index contributed by atoms with van der Waals surface area (Å²) in [4.78, 5) is 0. The van der Waals surface area contributed by atoms with Crippen molar-refractivity contribution >= 4 is 0 Å². The van der Waals surface area contributed by atoms with Gasteiger partial charge in [-0.3, -0.25) is 0 Å². The molecule has 0 spiro atoms. The van der Waals surface area contributed by atoms with Crippen LogP contribution in [0.1, 0.15) is 6.42 Å². The van der Waals surface area contributed by atoms with E-state index in [1.165, 1.54) is 6.42 Å². The second-order valence-corrected chi connectivity index (χ2v) is 5.53. The quantitative estimate of drug-likeness (QED) is 0.446. The van der Waals surface area contributed by atoms with Gasteiger partial charge in [0.1, 0.15) is 0 Å². The zero-order valence-corrected chi connectivity index (χ0v) is 8.14. The first kappa shape index (κ1) is 7.54. The van der Waals surface area contributed by atoms with Crippen LogP contribution in [-0.2, 0) is 0 Å². The van der Waals surface area contributed by atoms with Crippen molar-refractivity contribution in [1.82, 2.24) is 0 Å². The van der Waals surface area contributed by atoms with Gasteiger partial charge in [0.15, 0.2) is 0 Å². The van der Waals surface area contributed by atoms with Crippen LogP contribution in [0.4, 0.5) is 0 Å². The van der Waals surface area contributed by atoms with E-state index in [9.17, 15) is 0 Å². The Morgan fingerprint density at radius 1 is 1.14 bits per heavy atom. The molecule has 8 unspecified atom stereocenters. The van der Waals surface area contributed by atoms with Gasteiger partial charge in [0.05, 0.1) is 0 Å². The molecule has 0 saturated heterocycles. The Hall–Kier alpha value is -0.740. The maximum Gasteiger partial charge on any atom is 0.0385 e. The van der Waals surface area contributed by atoms with Crippen LogP contribution in [0.5, 0.6) is 0 Å². The Kier molecular flexibility index (Phi) is 1.13. The van der Waals surface area contributed by atoms with Gasteiger partial charge < -0.3 is 5.73 Å². The van der Waals surface area contributed by atoms with Gasteiger partial charge in [0.25, 0.3) is 0 Å². The summed E-state index contributed by atoms with van der Waals surface area (Å²) in [5.74, 6) is 8.43. The fourth-order valence-electron chi connectivity index (χ4n) is 4.86. The summed E-state index contributed by atoms with van der Waals surface area (Å²) in [5.41, 5.74) is 6.23. The normalized spacial score (nSPS) is 66.3. The van der Waals surface area contributed by atoms with E-state index in [1.807, 2.05) is 0 Å². The van der Waals surface area contributed by atoms with Crippen molar-refractivity contribution < 1.29 is 0 Å². The summed E-state index contributed by atoms with van der Waals surface area (Å²) >= 11 is 0. The van der Waals surface area contributed by atoms with E-state index in [0.29, 0.717) is 12.0 Å². The maximum atomic E-state index is 6.23. The lowest BCUT2D eigenvalue weighted by molar-refractivity contribution is -0.0429. The highest BCUT2D eigenvalue weighted by Gasteiger charge is 2.67. The third-order valence-electron chi connectivity index (χ3n) is 5.43. The first-order valence-electron chi connectivity index (χ1n) is 5.73. The molecule has 2 N–H and O–H groups in total. The molecule has 3 saturated carbocycles. The average Bonchev–Trinajstić information content (AvgIpc) is 2.59. The van der Waals surface area contributed by atoms with Crippen LogP contribution in [-0.4, -0.2) is 6.04 Å². The molecule has 4 aliphatic rings. The van der Waals surface area contributed by atoms with Gasteiger partial charge in [0.2, 0.25) is 0 Å². The summed E-state index contributed by atoms with van der Waals surface area (Å²) in [5, 5.41) is 0. The van der Waals surface area contributed by atoms with Crippen LogP contribution < -0.4 is 5.73 Å². The molecule has 0 radical (unpaired) electrons. The van der Waals surface area contributed by atoms with Gasteiger partial charge >= 0.3 is 0 Å². The lowest BCUT2D eigenvalue weighted by Crippen LogP contribution is -2.58. The third-order valence-corrected chi connectivity index (χ3v) is 5.43. The van der Waals surface area contributed by atoms with Crippen molar-refractivity contribution in [3.8, 4) is 12.3 Å². The van der Waals surface area contributed by atoms with E-state index < -0.39 is 0 Å². The summed E-state index contributed by atoms with van der Waals surface area (Å²) in [6.07, 6.45) is 11.7. The molecule has 1 heteroatoms. The van der Waals surface area contributed by atoms with Crippen molar-refractivity contribution in [3.63, 3.8) is 0 Å². The summed E-state index contributed by atoms with van der Waals surface area (Å²) in [7, 11) is 0. The number of terminal acetylenes is 1. The molecule has 0 heterocycles. The van der Waals surface area contributed by atoms with Gasteiger partial charge in [0, 0.05) is 12.0 Å². The summed E-state index contributed by atoms with van der Waals surface area (Å²) in [6, 6.07) is 0.307. The molecule has 4 rings (SSSR count). The topological polar surface area (TPSA) is 26.0 Å². The monoisotopic (exact) mass is 185 g/mol. The maximum absolute atomic E-state index is 6.23. The van der Waals surface area contributed by atoms with Crippen molar-refractivity contribution in [3.05, 3.63) is 12.2 Å². The first-order chi connectivity index (χ1) is 6.83. The van der Waals surface area contributed by atoms with E-state index >= 15 is 0 Å². The third kappa shape index (κ3) is 0.554. The minimum Gasteiger partial charge on any atom is -0.326 e. The number of nitrogens with two attached hydrogens (primary N) is 1. The van der Waals surface area contributed by atoms with Crippen LogP contribution in [0.25, 0.3) is 0 Å². The largest absolute Gasteiger partial charge is 0.326 e. The number of hydrogen-bond donors (Lipinski definition) is 1. The standard InChI is InChI=1S/C13H15N/c1-2-6-9-5-10(13(6)14)12-8-4-3-7(8)11(9)12/h1,3-4,6-13H,5,14H2. The molecule has 14 heavy (non-hydrogen) atoms. The van der Waals surface area contributed by atoms with E-state index in [4.69, 9.17) is 12.2 Å².